The van der Waals surface area contributed by atoms with Gasteiger partial charge in [0, 0.05) is 6.54 Å². The van der Waals surface area contributed by atoms with E-state index in [1.165, 1.54) is 52.0 Å². The molecule has 14 heavy (non-hydrogen) atoms. The van der Waals surface area contributed by atoms with Gasteiger partial charge < -0.3 is 10.2 Å². The first kappa shape index (κ1) is 10.4. The van der Waals surface area contributed by atoms with E-state index >= 15 is 0 Å². The molecule has 2 heteroatoms. The highest BCUT2D eigenvalue weighted by Crippen LogP contribution is 2.29. The molecule has 2 aliphatic heterocycles. The molecule has 82 valence electrons. The lowest BCUT2D eigenvalue weighted by molar-refractivity contribution is 0.272. The van der Waals surface area contributed by atoms with Gasteiger partial charge in [-0.25, -0.2) is 0 Å². The SMILES string of the molecule is CC1(C)CCN(CCC2CCNC2)C1. The fourth-order valence-corrected chi connectivity index (χ4v) is 2.74. The molecule has 0 bridgehead atoms. The fraction of sp³-hybridized carbons (Fsp3) is 1.00. The normalized spacial score (nSPS) is 32.6. The molecule has 0 saturated carbocycles. The van der Waals surface area contributed by atoms with E-state index in [1.54, 1.807) is 0 Å². The molecule has 0 aromatic heterocycles. The third-order valence-corrected chi connectivity index (χ3v) is 3.77. The Morgan fingerprint density at radius 2 is 2.29 bits per heavy atom. The molecule has 2 saturated heterocycles. The predicted molar refractivity (Wildman–Crippen MR) is 60.4 cm³/mol. The van der Waals surface area contributed by atoms with E-state index in [-0.39, 0.29) is 0 Å². The third kappa shape index (κ3) is 2.71. The van der Waals surface area contributed by atoms with Gasteiger partial charge >= 0.3 is 0 Å². The topological polar surface area (TPSA) is 15.3 Å². The number of likely N-dealkylation sites (tertiary alicyclic amines) is 1. The fourth-order valence-electron chi connectivity index (χ4n) is 2.74. The number of nitrogens with zero attached hydrogens (tertiary/aromatic N) is 1. The predicted octanol–water partition coefficient (Wildman–Crippen LogP) is 1.72. The Labute approximate surface area is 88.1 Å². The summed E-state index contributed by atoms with van der Waals surface area (Å²) in [5.74, 6) is 0.957. The molecule has 0 aromatic rings. The van der Waals surface area contributed by atoms with Crippen LogP contribution in [0.2, 0.25) is 0 Å². The number of hydrogen-bond donors (Lipinski definition) is 1. The summed E-state index contributed by atoms with van der Waals surface area (Å²) in [6, 6.07) is 0. The monoisotopic (exact) mass is 196 g/mol. The van der Waals surface area contributed by atoms with Gasteiger partial charge in [0.2, 0.25) is 0 Å². The van der Waals surface area contributed by atoms with Gasteiger partial charge in [0.15, 0.2) is 0 Å². The van der Waals surface area contributed by atoms with Crippen molar-refractivity contribution in [1.29, 1.82) is 0 Å². The minimum absolute atomic E-state index is 0.577. The van der Waals surface area contributed by atoms with Crippen LogP contribution in [0.25, 0.3) is 0 Å². The molecule has 0 spiro atoms. The second-order valence-corrected chi connectivity index (χ2v) is 5.84. The van der Waals surface area contributed by atoms with Crippen LogP contribution in [-0.2, 0) is 0 Å². The molecule has 1 atom stereocenters. The van der Waals surface area contributed by atoms with E-state index in [4.69, 9.17) is 0 Å². The summed E-state index contributed by atoms with van der Waals surface area (Å²) in [6.07, 6.45) is 4.19. The molecule has 0 amide bonds. The molecule has 2 aliphatic rings. The summed E-state index contributed by atoms with van der Waals surface area (Å²) in [5.41, 5.74) is 0.577. The van der Waals surface area contributed by atoms with Gasteiger partial charge in [-0.3, -0.25) is 0 Å². The molecule has 2 nitrogen and oxygen atoms in total. The summed E-state index contributed by atoms with van der Waals surface area (Å²) < 4.78 is 0. The summed E-state index contributed by atoms with van der Waals surface area (Å²) in [4.78, 5) is 2.65. The standard InChI is InChI=1S/C12H24N2/c1-12(2)5-8-14(10-12)7-4-11-3-6-13-9-11/h11,13H,3-10H2,1-2H3. The maximum Gasteiger partial charge on any atom is 0.00332 e. The van der Waals surface area contributed by atoms with Crippen molar-refractivity contribution in [3.8, 4) is 0 Å². The number of nitrogens with one attached hydrogen (secondary N) is 1. The first-order chi connectivity index (χ1) is 6.66. The van der Waals surface area contributed by atoms with Crippen molar-refractivity contribution < 1.29 is 0 Å². The highest BCUT2D eigenvalue weighted by Gasteiger charge is 2.29. The van der Waals surface area contributed by atoms with Gasteiger partial charge in [0.1, 0.15) is 0 Å². The smallest absolute Gasteiger partial charge is 0.00332 e. The maximum absolute atomic E-state index is 3.45. The van der Waals surface area contributed by atoms with Gasteiger partial charge in [0.25, 0.3) is 0 Å². The largest absolute Gasteiger partial charge is 0.316 e. The van der Waals surface area contributed by atoms with Gasteiger partial charge in [-0.1, -0.05) is 13.8 Å². The van der Waals surface area contributed by atoms with E-state index in [0.717, 1.165) is 5.92 Å². The average Bonchev–Trinajstić information content (AvgIpc) is 2.70. The van der Waals surface area contributed by atoms with Gasteiger partial charge in [-0.15, -0.1) is 0 Å². The third-order valence-electron chi connectivity index (χ3n) is 3.77. The maximum atomic E-state index is 3.45. The van der Waals surface area contributed by atoms with Gasteiger partial charge in [-0.05, 0) is 56.8 Å². The molecule has 0 aromatic carbocycles. The van der Waals surface area contributed by atoms with E-state index < -0.39 is 0 Å². The van der Waals surface area contributed by atoms with Crippen molar-refractivity contribution in [2.45, 2.75) is 33.1 Å². The summed E-state index contributed by atoms with van der Waals surface area (Å²) in [5, 5.41) is 3.45. The Balaban J connectivity index is 1.66. The van der Waals surface area contributed by atoms with Crippen LogP contribution < -0.4 is 5.32 Å². The Morgan fingerprint density at radius 3 is 2.86 bits per heavy atom. The molecular formula is C12H24N2. The van der Waals surface area contributed by atoms with Crippen molar-refractivity contribution in [3.05, 3.63) is 0 Å². The quantitative estimate of drug-likeness (QED) is 0.739. The van der Waals surface area contributed by atoms with E-state index in [1.807, 2.05) is 0 Å². The second-order valence-electron chi connectivity index (χ2n) is 5.84. The first-order valence-electron chi connectivity index (χ1n) is 6.09. The lowest BCUT2D eigenvalue weighted by Gasteiger charge is -2.20. The lowest BCUT2D eigenvalue weighted by Crippen LogP contribution is -2.26. The van der Waals surface area contributed by atoms with Crippen molar-refractivity contribution in [2.75, 3.05) is 32.7 Å². The van der Waals surface area contributed by atoms with Crippen LogP contribution in [0.1, 0.15) is 33.1 Å². The van der Waals surface area contributed by atoms with Crippen LogP contribution in [0, 0.1) is 11.3 Å². The van der Waals surface area contributed by atoms with Crippen molar-refractivity contribution in [3.63, 3.8) is 0 Å². The zero-order chi connectivity index (χ0) is 10.0. The van der Waals surface area contributed by atoms with Crippen LogP contribution in [-0.4, -0.2) is 37.6 Å². The highest BCUT2D eigenvalue weighted by molar-refractivity contribution is 4.83. The molecule has 0 aliphatic carbocycles. The Bertz CT molecular complexity index is 183. The minimum atomic E-state index is 0.577. The van der Waals surface area contributed by atoms with Crippen LogP contribution >= 0.6 is 0 Å². The van der Waals surface area contributed by atoms with Gasteiger partial charge in [-0.2, -0.15) is 0 Å². The van der Waals surface area contributed by atoms with E-state index in [0.29, 0.717) is 5.41 Å². The Hall–Kier alpha value is -0.0800. The molecule has 2 rings (SSSR count). The van der Waals surface area contributed by atoms with Crippen LogP contribution in [0.15, 0.2) is 0 Å². The van der Waals surface area contributed by atoms with Crippen LogP contribution in [0.3, 0.4) is 0 Å². The molecule has 1 unspecified atom stereocenters. The molecule has 2 heterocycles. The summed E-state index contributed by atoms with van der Waals surface area (Å²) in [6.45, 7) is 11.3. The molecule has 2 fully saturated rings. The Morgan fingerprint density at radius 1 is 1.43 bits per heavy atom. The summed E-state index contributed by atoms with van der Waals surface area (Å²) >= 11 is 0. The minimum Gasteiger partial charge on any atom is -0.316 e. The lowest BCUT2D eigenvalue weighted by atomic mass is 9.93. The zero-order valence-corrected chi connectivity index (χ0v) is 9.68. The first-order valence-corrected chi connectivity index (χ1v) is 6.09. The number of rotatable bonds is 3. The number of hydrogen-bond acceptors (Lipinski definition) is 2. The molecule has 1 N–H and O–H groups in total. The average molecular weight is 196 g/mol. The zero-order valence-electron chi connectivity index (χ0n) is 9.68. The van der Waals surface area contributed by atoms with E-state index in [9.17, 15) is 0 Å². The summed E-state index contributed by atoms with van der Waals surface area (Å²) in [7, 11) is 0. The molecular weight excluding hydrogens is 172 g/mol. The molecule has 0 radical (unpaired) electrons. The second kappa shape index (κ2) is 4.19. The van der Waals surface area contributed by atoms with Crippen molar-refractivity contribution in [2.24, 2.45) is 11.3 Å². The van der Waals surface area contributed by atoms with Crippen molar-refractivity contribution >= 4 is 0 Å². The van der Waals surface area contributed by atoms with Gasteiger partial charge in [0.05, 0.1) is 0 Å². The highest BCUT2D eigenvalue weighted by atomic mass is 15.1. The van der Waals surface area contributed by atoms with Crippen molar-refractivity contribution in [1.82, 2.24) is 10.2 Å². The van der Waals surface area contributed by atoms with Crippen LogP contribution in [0.4, 0.5) is 0 Å². The van der Waals surface area contributed by atoms with E-state index in [2.05, 4.69) is 24.1 Å². The van der Waals surface area contributed by atoms with Crippen LogP contribution in [0.5, 0.6) is 0 Å². The Kier molecular flexibility index (Phi) is 3.13.